The third-order valence-corrected chi connectivity index (χ3v) is 15.1. The Balaban J connectivity index is 0.000000185. The van der Waals surface area contributed by atoms with Crippen LogP contribution in [0.2, 0.25) is 0 Å². The molecule has 4 aromatic carbocycles. The Morgan fingerprint density at radius 2 is 0.936 bits per heavy atom. The Kier molecular flexibility index (Phi) is 23.2. The fraction of sp³-hybridized carbons (Fsp3) is 0.452. The van der Waals surface area contributed by atoms with Crippen molar-refractivity contribution in [3.05, 3.63) is 131 Å². The van der Waals surface area contributed by atoms with Crippen molar-refractivity contribution in [3.8, 4) is 0 Å². The molecule has 0 spiro atoms. The minimum absolute atomic E-state index is 0. The zero-order chi connectivity index (χ0) is 54.6. The van der Waals surface area contributed by atoms with Gasteiger partial charge in [0, 0.05) is 154 Å². The van der Waals surface area contributed by atoms with Crippen molar-refractivity contribution in [1.82, 2.24) is 33.8 Å². The van der Waals surface area contributed by atoms with Gasteiger partial charge in [0.15, 0.2) is 0 Å². The van der Waals surface area contributed by atoms with Gasteiger partial charge in [-0.2, -0.15) is 0 Å². The third-order valence-electron chi connectivity index (χ3n) is 13.7. The summed E-state index contributed by atoms with van der Waals surface area (Å²) in [6.45, 7) is 16.5. The summed E-state index contributed by atoms with van der Waals surface area (Å²) >= 11 is 6.95. The molecule has 11 rings (SSSR count). The molecule has 0 unspecified atom stereocenters. The molecule has 2 amide bonds. The van der Waals surface area contributed by atoms with Crippen molar-refractivity contribution in [1.29, 1.82) is 0 Å². The van der Waals surface area contributed by atoms with Gasteiger partial charge in [-0.15, -0.1) is 0 Å². The molecule has 0 atom stereocenters. The van der Waals surface area contributed by atoms with Gasteiger partial charge in [-0.1, -0.05) is 71.0 Å². The number of aryl methyl sites for hydroxylation is 3. The molecule has 7 heterocycles. The van der Waals surface area contributed by atoms with E-state index in [1.807, 2.05) is 70.8 Å². The number of carbonyl (C=O) groups excluding carboxylic acids is 2. The van der Waals surface area contributed by atoms with Gasteiger partial charge >= 0.3 is 12.2 Å². The molecule has 14 nitrogen and oxygen atoms in total. The maximum atomic E-state index is 12.1. The number of fused-ring (bicyclic) bond motifs is 4. The van der Waals surface area contributed by atoms with Crippen LogP contribution in [0.3, 0.4) is 0 Å². The van der Waals surface area contributed by atoms with Gasteiger partial charge in [-0.3, -0.25) is 0 Å². The molecule has 3 aliphatic heterocycles. The summed E-state index contributed by atoms with van der Waals surface area (Å²) in [4.78, 5) is 30.4. The minimum atomic E-state index is -0.435. The topological polar surface area (TPSA) is 152 Å². The molecule has 0 saturated carbocycles. The molecule has 424 valence electrons. The average molecular weight is 1200 g/mol. The molecule has 0 aliphatic carbocycles. The number of piperidine rings is 3. The lowest BCUT2D eigenvalue weighted by Crippen LogP contribution is -2.44. The molecule has 3 saturated heterocycles. The highest BCUT2D eigenvalue weighted by Crippen LogP contribution is 2.29. The molecule has 3 fully saturated rings. The van der Waals surface area contributed by atoms with Gasteiger partial charge in [0.05, 0.1) is 0 Å². The van der Waals surface area contributed by atoms with E-state index in [1.54, 1.807) is 4.90 Å². The molecular formula is C62H88Br2N10O4. The van der Waals surface area contributed by atoms with E-state index in [4.69, 9.17) is 15.2 Å². The van der Waals surface area contributed by atoms with Crippen LogP contribution in [-0.4, -0.2) is 109 Å². The number of likely N-dealkylation sites (tertiary alicyclic amines) is 2. The van der Waals surface area contributed by atoms with E-state index in [-0.39, 0.29) is 33.1 Å². The number of hydrogen-bond donors (Lipinski definition) is 5. The Labute approximate surface area is 481 Å². The van der Waals surface area contributed by atoms with E-state index in [9.17, 15) is 9.59 Å². The van der Waals surface area contributed by atoms with Gasteiger partial charge in [-0.25, -0.2) is 9.59 Å². The van der Waals surface area contributed by atoms with Crippen molar-refractivity contribution in [2.75, 3.05) is 49.9 Å². The molecular weight excluding hydrogens is 1110 g/mol. The first-order valence-corrected chi connectivity index (χ1v) is 28.3. The summed E-state index contributed by atoms with van der Waals surface area (Å²) in [5.74, 6) is 0. The number of aromatic amines is 1. The zero-order valence-corrected chi connectivity index (χ0v) is 49.1. The van der Waals surface area contributed by atoms with Gasteiger partial charge in [0.2, 0.25) is 0 Å². The van der Waals surface area contributed by atoms with Crippen molar-refractivity contribution in [2.24, 2.45) is 26.9 Å². The number of nitrogens with two attached hydrogens (primary N) is 1. The van der Waals surface area contributed by atoms with Crippen LogP contribution in [0.4, 0.5) is 21.0 Å². The van der Waals surface area contributed by atoms with Crippen LogP contribution < -0.4 is 21.7 Å². The number of amides is 2. The molecule has 0 radical (unpaired) electrons. The van der Waals surface area contributed by atoms with Gasteiger partial charge in [0.1, 0.15) is 11.2 Å². The predicted octanol–water partition coefficient (Wildman–Crippen LogP) is 14.8. The summed E-state index contributed by atoms with van der Waals surface area (Å²) in [6.07, 6.45) is 13.8. The van der Waals surface area contributed by atoms with Crippen LogP contribution in [0.25, 0.3) is 43.6 Å². The number of rotatable bonds is 4. The largest absolute Gasteiger partial charge is 0.444 e. The SMILES string of the molecule is Brc1cccc2[nH]ccc12.C.C.CC(C)(C)OC(=O)N1CCC(N)CC1.Cn1ccc2c(Br)cccc21.Cn1ccc2c(NC3CCN(C(=O)OC(C)(C)C)CC3)cccc21.Cn1ccc2c(NC3CCNCC3)cccc21. The standard InChI is InChI=1S/C19H27N3O2.C14H19N3.C10H20N2O2.C9H8BrN.C8H6BrN.2CH4/c1-19(2,3)24-18(23)22-12-8-14(9-13-22)20-16-6-5-7-17-15(16)10-11-21(17)4;1-17-10-7-12-13(3-2-4-14(12)17)16-11-5-8-15-9-6-11;1-10(2,3)14-9(13)12-6-4-8(11)5-7-12;1-11-6-5-7-8(10)3-2-4-9(7)11;9-7-2-1-3-8-6(7)4-5-10-8;;/h5-7,10-11,14,20H,8-9,12-13H2,1-4H3;2-4,7,10-11,15-16H,5-6,8-9H2,1H3;8H,4-7,11H2,1-3H3;2-6H,1H3;1-5,10H;2*1H4. The fourth-order valence-electron chi connectivity index (χ4n) is 9.52. The second-order valence-corrected chi connectivity index (χ2v) is 23.7. The van der Waals surface area contributed by atoms with Gasteiger partial charge < -0.3 is 59.6 Å². The number of carbonyl (C=O) groups is 2. The van der Waals surface area contributed by atoms with E-state index in [0.717, 1.165) is 73.9 Å². The molecule has 78 heavy (non-hydrogen) atoms. The zero-order valence-electron chi connectivity index (χ0n) is 46.0. The van der Waals surface area contributed by atoms with Gasteiger partial charge in [0.25, 0.3) is 0 Å². The number of ether oxygens (including phenoxy) is 2. The first-order valence-electron chi connectivity index (χ1n) is 26.7. The summed E-state index contributed by atoms with van der Waals surface area (Å²) < 4.78 is 19.4. The second-order valence-electron chi connectivity index (χ2n) is 22.0. The van der Waals surface area contributed by atoms with Crippen LogP contribution in [0.5, 0.6) is 0 Å². The first-order chi connectivity index (χ1) is 36.2. The van der Waals surface area contributed by atoms with E-state index in [0.29, 0.717) is 12.1 Å². The number of aromatic nitrogens is 4. The average Bonchev–Trinajstić information content (AvgIpc) is 4.21. The molecule has 3 aliphatic rings. The summed E-state index contributed by atoms with van der Waals surface area (Å²) in [6, 6.07) is 34.9. The van der Waals surface area contributed by atoms with Crippen molar-refractivity contribution >= 4 is 99.0 Å². The highest BCUT2D eigenvalue weighted by molar-refractivity contribution is 9.11. The van der Waals surface area contributed by atoms with E-state index in [2.05, 4.69) is 185 Å². The Hall–Kier alpha value is -5.94. The number of hydrogen-bond acceptors (Lipinski definition) is 8. The lowest BCUT2D eigenvalue weighted by Gasteiger charge is -2.34. The maximum Gasteiger partial charge on any atom is 0.410 e. The van der Waals surface area contributed by atoms with Crippen molar-refractivity contribution in [2.45, 2.75) is 124 Å². The number of H-pyrrole nitrogens is 1. The highest BCUT2D eigenvalue weighted by Gasteiger charge is 2.28. The number of nitrogens with one attached hydrogen (secondary N) is 4. The first kappa shape index (κ1) is 62.9. The highest BCUT2D eigenvalue weighted by atomic mass is 79.9. The second kappa shape index (κ2) is 28.8. The van der Waals surface area contributed by atoms with Crippen molar-refractivity contribution < 1.29 is 19.1 Å². The number of anilines is 2. The van der Waals surface area contributed by atoms with Crippen molar-refractivity contribution in [3.63, 3.8) is 0 Å². The Morgan fingerprint density at radius 3 is 1.38 bits per heavy atom. The van der Waals surface area contributed by atoms with E-state index >= 15 is 0 Å². The summed E-state index contributed by atoms with van der Waals surface area (Å²) in [5.41, 5.74) is 12.3. The maximum absolute atomic E-state index is 12.1. The monoisotopic (exact) mass is 1190 g/mol. The number of benzene rings is 4. The molecule has 6 N–H and O–H groups in total. The minimum Gasteiger partial charge on any atom is -0.444 e. The molecule has 4 aromatic heterocycles. The van der Waals surface area contributed by atoms with Crippen LogP contribution in [-0.2, 0) is 30.6 Å². The van der Waals surface area contributed by atoms with Crippen LogP contribution in [0, 0.1) is 0 Å². The quantitative estimate of drug-likeness (QED) is 0.117. The smallest absolute Gasteiger partial charge is 0.410 e. The summed E-state index contributed by atoms with van der Waals surface area (Å²) in [5, 5.41) is 15.8. The van der Waals surface area contributed by atoms with Crippen LogP contribution in [0.1, 0.15) is 94.9 Å². The fourth-order valence-corrected chi connectivity index (χ4v) is 10.5. The molecule has 16 heteroatoms. The van der Waals surface area contributed by atoms with E-state index in [1.165, 1.54) is 67.8 Å². The Morgan fingerprint density at radius 1 is 0.538 bits per heavy atom. The Bertz CT molecular complexity index is 3120. The lowest BCUT2D eigenvalue weighted by molar-refractivity contribution is 0.0197. The lowest BCUT2D eigenvalue weighted by atomic mass is 10.0. The van der Waals surface area contributed by atoms with E-state index < -0.39 is 11.2 Å². The summed E-state index contributed by atoms with van der Waals surface area (Å²) in [7, 11) is 6.21. The molecule has 0 bridgehead atoms. The van der Waals surface area contributed by atoms with Crippen LogP contribution >= 0.6 is 31.9 Å². The van der Waals surface area contributed by atoms with Crippen LogP contribution in [0.15, 0.2) is 131 Å². The number of nitrogens with zero attached hydrogens (tertiary/aromatic N) is 5. The van der Waals surface area contributed by atoms with Gasteiger partial charge in [-0.05, 0) is 166 Å². The third kappa shape index (κ3) is 17.8. The molecule has 8 aromatic rings. The number of halogens is 2. The predicted molar refractivity (Wildman–Crippen MR) is 335 cm³/mol. The normalized spacial score (nSPS) is 15.2.